The first-order chi connectivity index (χ1) is 20.6. The summed E-state index contributed by atoms with van der Waals surface area (Å²) < 4.78 is 17.5. The monoisotopic (exact) mass is 550 g/mol. The number of benzene rings is 5. The smallest absolute Gasteiger partial charge is 0.348 e. The highest BCUT2D eigenvalue weighted by Crippen LogP contribution is 2.36. The number of para-hydroxylation sites is 1. The van der Waals surface area contributed by atoms with Gasteiger partial charge in [0, 0.05) is 22.1 Å². The average molecular weight is 551 g/mol. The van der Waals surface area contributed by atoms with Crippen LogP contribution in [0.1, 0.15) is 26.3 Å². The minimum absolute atomic E-state index is 0.157. The van der Waals surface area contributed by atoms with Gasteiger partial charge >= 0.3 is 5.97 Å². The maximum atomic E-state index is 13.7. The number of esters is 1. The largest absolute Gasteiger partial charge is 0.497 e. The van der Waals surface area contributed by atoms with Gasteiger partial charge in [-0.3, -0.25) is 4.79 Å². The van der Waals surface area contributed by atoms with Gasteiger partial charge in [-0.05, 0) is 47.5 Å². The molecule has 0 radical (unpaired) electrons. The summed E-state index contributed by atoms with van der Waals surface area (Å²) in [5, 5.41) is 0.584. The van der Waals surface area contributed by atoms with E-state index in [0.29, 0.717) is 44.9 Å². The van der Waals surface area contributed by atoms with Gasteiger partial charge in [0.25, 0.3) is 0 Å². The lowest BCUT2D eigenvalue weighted by Crippen LogP contribution is -2.10. The number of ether oxygens (including phenoxy) is 2. The van der Waals surface area contributed by atoms with Crippen LogP contribution in [0.3, 0.4) is 0 Å². The van der Waals surface area contributed by atoms with Crippen LogP contribution < -0.4 is 9.47 Å². The van der Waals surface area contributed by atoms with Crippen molar-refractivity contribution in [1.82, 2.24) is 0 Å². The second-order valence-electron chi connectivity index (χ2n) is 9.60. The lowest BCUT2D eigenvalue weighted by atomic mass is 10.0. The predicted molar refractivity (Wildman–Crippen MR) is 165 cm³/mol. The Morgan fingerprint density at radius 1 is 0.690 bits per heavy atom. The molecule has 0 amide bonds. The van der Waals surface area contributed by atoms with Crippen molar-refractivity contribution in [2.45, 2.75) is 0 Å². The third kappa shape index (κ3) is 5.49. The van der Waals surface area contributed by atoms with Crippen molar-refractivity contribution in [1.29, 1.82) is 0 Å². The number of carbonyl (C=O) groups is 2. The van der Waals surface area contributed by atoms with E-state index in [2.05, 4.69) is 0 Å². The van der Waals surface area contributed by atoms with E-state index in [9.17, 15) is 9.59 Å². The number of fused-ring (bicyclic) bond motifs is 1. The minimum Gasteiger partial charge on any atom is -0.497 e. The SMILES string of the molecule is COc1ccc2oc(-c3ccccc3)c(C(=O)Oc3ccccc3C=CC(=O)c3ccc(-c4ccccc4)cc3)c2c1. The maximum Gasteiger partial charge on any atom is 0.348 e. The summed E-state index contributed by atoms with van der Waals surface area (Å²) in [5.74, 6) is 0.586. The first-order valence-electron chi connectivity index (χ1n) is 13.5. The van der Waals surface area contributed by atoms with E-state index >= 15 is 0 Å². The quantitative estimate of drug-likeness (QED) is 0.0819. The molecule has 0 spiro atoms. The molecule has 0 aliphatic heterocycles. The van der Waals surface area contributed by atoms with Crippen LogP contribution in [0.4, 0.5) is 0 Å². The number of rotatable bonds is 8. The number of ketones is 1. The minimum atomic E-state index is -0.579. The number of carbonyl (C=O) groups excluding carboxylic acids is 2. The molecule has 5 nitrogen and oxygen atoms in total. The Bertz CT molecular complexity index is 1900. The number of allylic oxidation sites excluding steroid dienone is 1. The van der Waals surface area contributed by atoms with Crippen LogP contribution >= 0.6 is 0 Å². The summed E-state index contributed by atoms with van der Waals surface area (Å²) in [6.07, 6.45) is 3.14. The van der Waals surface area contributed by atoms with Crippen molar-refractivity contribution in [3.8, 4) is 33.9 Å². The van der Waals surface area contributed by atoms with Crippen LogP contribution in [0.15, 0.2) is 138 Å². The van der Waals surface area contributed by atoms with E-state index in [1.54, 1.807) is 49.6 Å². The van der Waals surface area contributed by atoms with Crippen LogP contribution in [-0.4, -0.2) is 18.9 Å². The van der Waals surface area contributed by atoms with E-state index in [4.69, 9.17) is 13.9 Å². The van der Waals surface area contributed by atoms with Gasteiger partial charge in [0.05, 0.1) is 7.11 Å². The van der Waals surface area contributed by atoms with Gasteiger partial charge in [-0.25, -0.2) is 4.79 Å². The highest BCUT2D eigenvalue weighted by molar-refractivity contribution is 6.10. The second kappa shape index (κ2) is 11.8. The van der Waals surface area contributed by atoms with E-state index in [0.717, 1.165) is 16.7 Å². The maximum absolute atomic E-state index is 13.7. The highest BCUT2D eigenvalue weighted by atomic mass is 16.5. The lowest BCUT2D eigenvalue weighted by Gasteiger charge is -2.08. The zero-order chi connectivity index (χ0) is 28.9. The molecule has 0 unspecified atom stereocenters. The van der Waals surface area contributed by atoms with Gasteiger partial charge in [-0.15, -0.1) is 0 Å². The molecule has 204 valence electrons. The topological polar surface area (TPSA) is 65.7 Å². The molecule has 5 aromatic carbocycles. The summed E-state index contributed by atoms with van der Waals surface area (Å²) in [6, 6.07) is 39.3. The van der Waals surface area contributed by atoms with Crippen molar-refractivity contribution in [3.63, 3.8) is 0 Å². The number of hydrogen-bond acceptors (Lipinski definition) is 5. The Kier molecular flexibility index (Phi) is 7.47. The predicted octanol–water partition coefficient (Wildman–Crippen LogP) is 8.89. The molecule has 6 rings (SSSR count). The normalized spacial score (nSPS) is 11.1. The van der Waals surface area contributed by atoms with Gasteiger partial charge in [-0.1, -0.05) is 103 Å². The van der Waals surface area contributed by atoms with Crippen molar-refractivity contribution in [2.75, 3.05) is 7.11 Å². The molecule has 0 saturated heterocycles. The Morgan fingerprint density at radius 2 is 1.33 bits per heavy atom. The summed E-state index contributed by atoms with van der Waals surface area (Å²) in [6.45, 7) is 0. The van der Waals surface area contributed by atoms with Crippen LogP contribution in [-0.2, 0) is 0 Å². The summed E-state index contributed by atoms with van der Waals surface area (Å²) in [5.41, 5.74) is 4.85. The molecular formula is C37H26O5. The van der Waals surface area contributed by atoms with E-state index in [1.165, 1.54) is 6.08 Å². The van der Waals surface area contributed by atoms with Crippen molar-refractivity contribution >= 4 is 28.8 Å². The summed E-state index contributed by atoms with van der Waals surface area (Å²) in [4.78, 5) is 26.7. The van der Waals surface area contributed by atoms with Gasteiger partial charge < -0.3 is 13.9 Å². The highest BCUT2D eigenvalue weighted by Gasteiger charge is 2.25. The van der Waals surface area contributed by atoms with Crippen LogP contribution in [0.5, 0.6) is 11.5 Å². The third-order valence-electron chi connectivity index (χ3n) is 6.95. The zero-order valence-electron chi connectivity index (χ0n) is 22.8. The molecule has 0 aliphatic carbocycles. The van der Waals surface area contributed by atoms with E-state index in [-0.39, 0.29) is 5.78 Å². The Morgan fingerprint density at radius 3 is 2.05 bits per heavy atom. The molecule has 0 saturated carbocycles. The van der Waals surface area contributed by atoms with Gasteiger partial charge in [0.15, 0.2) is 5.78 Å². The molecule has 1 heterocycles. The van der Waals surface area contributed by atoms with Gasteiger partial charge in [0.2, 0.25) is 0 Å². The van der Waals surface area contributed by atoms with Gasteiger partial charge in [-0.2, -0.15) is 0 Å². The molecule has 0 atom stereocenters. The molecule has 6 aromatic rings. The Labute approximate surface area is 243 Å². The fourth-order valence-electron chi connectivity index (χ4n) is 4.78. The molecule has 0 bridgehead atoms. The van der Waals surface area contributed by atoms with Crippen molar-refractivity contribution in [3.05, 3.63) is 150 Å². The Balaban J connectivity index is 1.28. The standard InChI is InChI=1S/C37H26O5/c1-40-30-21-23-34-31(24-30)35(36(41-34)29-13-6-3-7-14-29)37(39)42-33-15-9-8-12-28(33)20-22-32(38)27-18-16-26(17-19-27)25-10-4-2-5-11-25/h2-24H,1H3. The zero-order valence-corrected chi connectivity index (χ0v) is 22.8. The Hall–Kier alpha value is -5.68. The molecule has 0 fully saturated rings. The first-order valence-corrected chi connectivity index (χ1v) is 13.5. The number of furan rings is 1. The summed E-state index contributed by atoms with van der Waals surface area (Å²) in [7, 11) is 1.57. The van der Waals surface area contributed by atoms with E-state index in [1.807, 2.05) is 91.0 Å². The first kappa shape index (κ1) is 26.5. The van der Waals surface area contributed by atoms with Crippen LogP contribution in [0.2, 0.25) is 0 Å². The second-order valence-corrected chi connectivity index (χ2v) is 9.60. The van der Waals surface area contributed by atoms with Crippen molar-refractivity contribution in [2.24, 2.45) is 0 Å². The van der Waals surface area contributed by atoms with Crippen LogP contribution in [0.25, 0.3) is 39.5 Å². The molecule has 0 aliphatic rings. The molecule has 5 heteroatoms. The summed E-state index contributed by atoms with van der Waals surface area (Å²) >= 11 is 0. The average Bonchev–Trinajstić information content (AvgIpc) is 3.44. The number of hydrogen-bond donors (Lipinski definition) is 0. The molecule has 1 aromatic heterocycles. The third-order valence-corrected chi connectivity index (χ3v) is 6.95. The molecule has 0 N–H and O–H groups in total. The molecule has 42 heavy (non-hydrogen) atoms. The lowest BCUT2D eigenvalue weighted by molar-refractivity contribution is 0.0736. The molecular weight excluding hydrogens is 524 g/mol. The number of methoxy groups -OCH3 is 1. The van der Waals surface area contributed by atoms with Gasteiger partial charge in [0.1, 0.15) is 28.4 Å². The fraction of sp³-hybridized carbons (Fsp3) is 0.0270. The van der Waals surface area contributed by atoms with E-state index < -0.39 is 5.97 Å². The van der Waals surface area contributed by atoms with Crippen LogP contribution in [0, 0.1) is 0 Å². The van der Waals surface area contributed by atoms with Crippen molar-refractivity contribution < 1.29 is 23.5 Å². The fourth-order valence-corrected chi connectivity index (χ4v) is 4.78.